The first kappa shape index (κ1) is 13.2. The predicted octanol–water partition coefficient (Wildman–Crippen LogP) is 1.23. The zero-order valence-corrected chi connectivity index (χ0v) is 10.9. The maximum Gasteiger partial charge on any atom is 0.122 e. The molecule has 0 bridgehead atoms. The Morgan fingerprint density at radius 2 is 2.25 bits per heavy atom. The van der Waals surface area contributed by atoms with Gasteiger partial charge in [0.05, 0.1) is 6.54 Å². The van der Waals surface area contributed by atoms with Gasteiger partial charge in [0.2, 0.25) is 0 Å². The van der Waals surface area contributed by atoms with E-state index in [9.17, 15) is 0 Å². The molecule has 1 aromatic rings. The number of nitrogens with two attached hydrogens (primary N) is 1. The summed E-state index contributed by atoms with van der Waals surface area (Å²) in [5.41, 5.74) is 6.03. The van der Waals surface area contributed by atoms with Crippen LogP contribution in [-0.4, -0.2) is 34.6 Å². The summed E-state index contributed by atoms with van der Waals surface area (Å²) in [5.74, 6) is 1.10. The third kappa shape index (κ3) is 3.32. The number of rotatable bonds is 6. The van der Waals surface area contributed by atoms with E-state index in [0.717, 1.165) is 31.9 Å². The van der Waals surface area contributed by atoms with E-state index in [4.69, 9.17) is 5.73 Å². The highest BCUT2D eigenvalue weighted by Gasteiger charge is 2.22. The molecule has 0 aliphatic rings. The van der Waals surface area contributed by atoms with Crippen LogP contribution in [0.15, 0.2) is 12.4 Å². The molecule has 1 atom stereocenters. The van der Waals surface area contributed by atoms with E-state index < -0.39 is 0 Å². The zero-order valence-electron chi connectivity index (χ0n) is 10.9. The van der Waals surface area contributed by atoms with Crippen molar-refractivity contribution >= 4 is 0 Å². The number of aromatic nitrogens is 2. The molecule has 1 heterocycles. The van der Waals surface area contributed by atoms with Gasteiger partial charge in [0.25, 0.3) is 0 Å². The van der Waals surface area contributed by atoms with E-state index in [2.05, 4.69) is 35.3 Å². The minimum Gasteiger partial charge on any atom is -0.337 e. The van der Waals surface area contributed by atoms with Gasteiger partial charge in [0.15, 0.2) is 0 Å². The largest absolute Gasteiger partial charge is 0.337 e. The number of nitrogens with zero attached hydrogens (tertiary/aromatic N) is 3. The van der Waals surface area contributed by atoms with Crippen molar-refractivity contribution in [1.82, 2.24) is 14.5 Å². The number of hydrogen-bond acceptors (Lipinski definition) is 3. The van der Waals surface area contributed by atoms with Crippen molar-refractivity contribution in [2.75, 3.05) is 20.1 Å². The molecule has 0 saturated carbocycles. The summed E-state index contributed by atoms with van der Waals surface area (Å²) < 4.78 is 2.06. The molecule has 0 spiro atoms. The molecule has 1 aromatic heterocycles. The minimum atomic E-state index is 0.208. The van der Waals surface area contributed by atoms with Crippen molar-refractivity contribution in [2.24, 2.45) is 18.2 Å². The lowest BCUT2D eigenvalue weighted by Gasteiger charge is -2.31. The maximum atomic E-state index is 5.82. The van der Waals surface area contributed by atoms with E-state index in [1.807, 2.05) is 19.4 Å². The van der Waals surface area contributed by atoms with Gasteiger partial charge in [-0.25, -0.2) is 4.98 Å². The lowest BCUT2D eigenvalue weighted by Crippen LogP contribution is -2.38. The quantitative estimate of drug-likeness (QED) is 0.790. The molecule has 0 fully saturated rings. The smallest absolute Gasteiger partial charge is 0.122 e. The van der Waals surface area contributed by atoms with E-state index in [-0.39, 0.29) is 5.41 Å². The molecule has 0 radical (unpaired) electrons. The van der Waals surface area contributed by atoms with Gasteiger partial charge in [-0.3, -0.25) is 4.90 Å². The van der Waals surface area contributed by atoms with Gasteiger partial charge in [-0.2, -0.15) is 0 Å². The minimum absolute atomic E-state index is 0.208. The first-order valence-corrected chi connectivity index (χ1v) is 5.85. The van der Waals surface area contributed by atoms with E-state index >= 15 is 0 Å². The lowest BCUT2D eigenvalue weighted by atomic mass is 9.87. The maximum absolute atomic E-state index is 5.82. The van der Waals surface area contributed by atoms with Gasteiger partial charge in [-0.1, -0.05) is 13.8 Å². The highest BCUT2D eigenvalue weighted by molar-refractivity contribution is 4.91. The normalized spacial score (nSPS) is 15.4. The molecule has 1 unspecified atom stereocenters. The molecule has 16 heavy (non-hydrogen) atoms. The molecule has 0 saturated heterocycles. The summed E-state index contributed by atoms with van der Waals surface area (Å²) in [5, 5.41) is 0. The summed E-state index contributed by atoms with van der Waals surface area (Å²) in [6.45, 7) is 7.05. The van der Waals surface area contributed by atoms with Gasteiger partial charge in [0.1, 0.15) is 5.82 Å². The van der Waals surface area contributed by atoms with Gasteiger partial charge >= 0.3 is 0 Å². The molecular weight excluding hydrogens is 200 g/mol. The molecule has 4 nitrogen and oxygen atoms in total. The second kappa shape index (κ2) is 5.46. The van der Waals surface area contributed by atoms with Crippen LogP contribution in [0.3, 0.4) is 0 Å². The third-order valence-electron chi connectivity index (χ3n) is 3.33. The molecular formula is C12H24N4. The van der Waals surface area contributed by atoms with Crippen molar-refractivity contribution < 1.29 is 0 Å². The van der Waals surface area contributed by atoms with Crippen molar-refractivity contribution in [1.29, 1.82) is 0 Å². The lowest BCUT2D eigenvalue weighted by molar-refractivity contribution is 0.182. The second-order valence-corrected chi connectivity index (χ2v) is 5.00. The Hall–Kier alpha value is -0.870. The average molecular weight is 224 g/mol. The summed E-state index contributed by atoms with van der Waals surface area (Å²) in [6.07, 6.45) is 4.92. The van der Waals surface area contributed by atoms with Crippen molar-refractivity contribution in [2.45, 2.75) is 26.8 Å². The summed E-state index contributed by atoms with van der Waals surface area (Å²) in [4.78, 5) is 6.62. The Bertz CT molecular complexity index is 315. The first-order chi connectivity index (χ1) is 7.50. The topological polar surface area (TPSA) is 47.1 Å². The van der Waals surface area contributed by atoms with Crippen molar-refractivity contribution in [3.63, 3.8) is 0 Å². The fourth-order valence-electron chi connectivity index (χ4n) is 1.82. The molecule has 0 aliphatic heterocycles. The van der Waals surface area contributed by atoms with Crippen LogP contribution in [-0.2, 0) is 13.6 Å². The first-order valence-electron chi connectivity index (χ1n) is 5.85. The van der Waals surface area contributed by atoms with Crippen LogP contribution in [0.1, 0.15) is 26.1 Å². The van der Waals surface area contributed by atoms with Crippen LogP contribution in [0.2, 0.25) is 0 Å². The van der Waals surface area contributed by atoms with Gasteiger partial charge in [0, 0.05) is 26.0 Å². The van der Waals surface area contributed by atoms with Crippen LogP contribution in [0.4, 0.5) is 0 Å². The monoisotopic (exact) mass is 224 g/mol. The second-order valence-electron chi connectivity index (χ2n) is 5.00. The van der Waals surface area contributed by atoms with Gasteiger partial charge in [-0.15, -0.1) is 0 Å². The molecule has 0 aromatic carbocycles. The number of hydrogen-bond donors (Lipinski definition) is 1. The fraction of sp³-hybridized carbons (Fsp3) is 0.750. The Kier molecular flexibility index (Phi) is 4.50. The van der Waals surface area contributed by atoms with E-state index in [0.29, 0.717) is 0 Å². The van der Waals surface area contributed by atoms with Crippen LogP contribution in [0, 0.1) is 5.41 Å². The molecule has 0 amide bonds. The third-order valence-corrected chi connectivity index (χ3v) is 3.33. The summed E-state index contributed by atoms with van der Waals surface area (Å²) in [6, 6.07) is 0. The van der Waals surface area contributed by atoms with Crippen LogP contribution >= 0.6 is 0 Å². The van der Waals surface area contributed by atoms with Crippen LogP contribution in [0.5, 0.6) is 0 Å². The average Bonchev–Trinajstić information content (AvgIpc) is 2.64. The molecule has 1 rings (SSSR count). The Balaban J connectivity index is 2.53. The zero-order chi connectivity index (χ0) is 12.2. The fourth-order valence-corrected chi connectivity index (χ4v) is 1.82. The molecule has 92 valence electrons. The number of aryl methyl sites for hydroxylation is 1. The standard InChI is InChI=1S/C12H24N4/c1-5-12(2,9-13)10-15(3)8-11-14-6-7-16(11)4/h6-7H,5,8-10,13H2,1-4H3. The van der Waals surface area contributed by atoms with Gasteiger partial charge in [-0.05, 0) is 25.4 Å². The Morgan fingerprint density at radius 1 is 1.56 bits per heavy atom. The van der Waals surface area contributed by atoms with Crippen molar-refractivity contribution in [3.05, 3.63) is 18.2 Å². The Morgan fingerprint density at radius 3 is 2.69 bits per heavy atom. The van der Waals surface area contributed by atoms with Gasteiger partial charge < -0.3 is 10.3 Å². The molecule has 4 heteroatoms. The number of imidazole rings is 1. The van der Waals surface area contributed by atoms with E-state index in [1.54, 1.807) is 0 Å². The highest BCUT2D eigenvalue weighted by Crippen LogP contribution is 2.20. The van der Waals surface area contributed by atoms with E-state index in [1.165, 1.54) is 0 Å². The van der Waals surface area contributed by atoms with Crippen LogP contribution in [0.25, 0.3) is 0 Å². The molecule has 0 aliphatic carbocycles. The van der Waals surface area contributed by atoms with Crippen molar-refractivity contribution in [3.8, 4) is 0 Å². The predicted molar refractivity (Wildman–Crippen MR) is 67.0 cm³/mol. The SMILES string of the molecule is CCC(C)(CN)CN(C)Cc1nccn1C. The summed E-state index contributed by atoms with van der Waals surface area (Å²) >= 11 is 0. The molecule has 2 N–H and O–H groups in total. The Labute approximate surface area is 98.5 Å². The highest BCUT2D eigenvalue weighted by atomic mass is 15.2. The van der Waals surface area contributed by atoms with Crippen LogP contribution < -0.4 is 5.73 Å². The summed E-state index contributed by atoms with van der Waals surface area (Å²) in [7, 11) is 4.15.